The summed E-state index contributed by atoms with van der Waals surface area (Å²) in [5.74, 6) is 0.767. The van der Waals surface area contributed by atoms with E-state index in [1.54, 1.807) is 38.3 Å². The Morgan fingerprint density at radius 3 is 2.37 bits per heavy atom. The molecule has 2 atom stereocenters. The molecular formula is C28H34N2O5. The van der Waals surface area contributed by atoms with Gasteiger partial charge in [0.2, 0.25) is 5.91 Å². The van der Waals surface area contributed by atoms with E-state index < -0.39 is 12.0 Å². The van der Waals surface area contributed by atoms with Crippen LogP contribution in [0.4, 0.5) is 0 Å². The molecule has 1 heterocycles. The third kappa shape index (κ3) is 4.99. The highest BCUT2D eigenvalue weighted by Crippen LogP contribution is 2.45. The van der Waals surface area contributed by atoms with Gasteiger partial charge in [-0.15, -0.1) is 0 Å². The van der Waals surface area contributed by atoms with Crippen molar-refractivity contribution in [2.24, 2.45) is 0 Å². The lowest BCUT2D eigenvalue weighted by Crippen LogP contribution is -2.45. The number of carbonyl (C=O) groups excluding carboxylic acids is 2. The maximum atomic E-state index is 13.8. The molecule has 0 saturated carbocycles. The Kier molecular flexibility index (Phi) is 7.63. The van der Waals surface area contributed by atoms with Gasteiger partial charge in [-0.2, -0.15) is 0 Å². The van der Waals surface area contributed by atoms with Crippen LogP contribution in [0.1, 0.15) is 65.5 Å². The fraction of sp³-hybridized carbons (Fsp3) is 0.429. The molecule has 7 heteroatoms. The summed E-state index contributed by atoms with van der Waals surface area (Å²) in [4.78, 5) is 28.8. The summed E-state index contributed by atoms with van der Waals surface area (Å²) in [7, 11) is 6.43. The molecule has 4 rings (SSSR count). The second-order valence-electron chi connectivity index (χ2n) is 9.06. The smallest absolute Gasteiger partial charge is 0.254 e. The molecule has 1 aliphatic carbocycles. The van der Waals surface area contributed by atoms with Crippen LogP contribution in [0.25, 0.3) is 0 Å². The van der Waals surface area contributed by atoms with Gasteiger partial charge in [-0.05, 0) is 67.5 Å². The van der Waals surface area contributed by atoms with E-state index in [-0.39, 0.29) is 11.8 Å². The monoisotopic (exact) mass is 478 g/mol. The van der Waals surface area contributed by atoms with Crippen molar-refractivity contribution in [3.05, 3.63) is 64.7 Å². The minimum atomic E-state index is -0.610. The first-order chi connectivity index (χ1) is 17.0. The number of nitrogens with zero attached hydrogens (tertiary/aromatic N) is 1. The molecule has 2 aliphatic rings. The van der Waals surface area contributed by atoms with E-state index >= 15 is 0 Å². The van der Waals surface area contributed by atoms with E-state index in [1.807, 2.05) is 24.3 Å². The normalized spacial score (nSPS) is 19.5. The number of ether oxygens (including phenoxy) is 3. The lowest BCUT2D eigenvalue weighted by molar-refractivity contribution is -0.124. The maximum absolute atomic E-state index is 13.8. The van der Waals surface area contributed by atoms with Crippen LogP contribution in [-0.4, -0.2) is 51.6 Å². The number of hydrogen-bond acceptors (Lipinski definition) is 5. The summed E-state index contributed by atoms with van der Waals surface area (Å²) in [5, 5.41) is 3.15. The van der Waals surface area contributed by atoms with E-state index in [2.05, 4.69) is 11.4 Å². The fourth-order valence-electron chi connectivity index (χ4n) is 5.14. The van der Waals surface area contributed by atoms with E-state index in [0.717, 1.165) is 24.8 Å². The van der Waals surface area contributed by atoms with Crippen molar-refractivity contribution < 1.29 is 23.8 Å². The second-order valence-corrected chi connectivity index (χ2v) is 9.06. The number of hydrogen-bond donors (Lipinski definition) is 1. The maximum Gasteiger partial charge on any atom is 0.254 e. The molecule has 0 fully saturated rings. The largest absolute Gasteiger partial charge is 0.497 e. The van der Waals surface area contributed by atoms with Gasteiger partial charge in [0.1, 0.15) is 5.75 Å². The number of amides is 2. The molecular weight excluding hydrogens is 444 g/mol. The molecule has 0 bridgehead atoms. The highest BCUT2D eigenvalue weighted by atomic mass is 16.5. The summed E-state index contributed by atoms with van der Waals surface area (Å²) in [5.41, 5.74) is 3.36. The summed E-state index contributed by atoms with van der Waals surface area (Å²) in [6, 6.07) is 10.5. The number of carbonyl (C=O) groups is 2. The second kappa shape index (κ2) is 10.8. The quantitative estimate of drug-likeness (QED) is 0.560. The average molecular weight is 479 g/mol. The molecule has 35 heavy (non-hydrogen) atoms. The third-order valence-corrected chi connectivity index (χ3v) is 7.04. The van der Waals surface area contributed by atoms with E-state index in [4.69, 9.17) is 14.2 Å². The number of likely N-dealkylation sites (N-methyl/N-ethyl adjacent to an activating group) is 1. The van der Waals surface area contributed by atoms with Crippen molar-refractivity contribution in [1.82, 2.24) is 10.2 Å². The number of fused-ring (bicyclic) bond motifs is 1. The number of nitrogens with one attached hydrogen (secondary N) is 1. The van der Waals surface area contributed by atoms with Crippen molar-refractivity contribution in [3.63, 3.8) is 0 Å². The summed E-state index contributed by atoms with van der Waals surface area (Å²) < 4.78 is 16.3. The van der Waals surface area contributed by atoms with Gasteiger partial charge in [-0.3, -0.25) is 9.59 Å². The molecule has 2 amide bonds. The van der Waals surface area contributed by atoms with Crippen molar-refractivity contribution in [2.45, 2.75) is 44.1 Å². The van der Waals surface area contributed by atoms with Gasteiger partial charge in [-0.25, -0.2) is 0 Å². The van der Waals surface area contributed by atoms with Crippen molar-refractivity contribution in [3.8, 4) is 17.2 Å². The molecule has 0 radical (unpaired) electrons. The Morgan fingerprint density at radius 1 is 1.03 bits per heavy atom. The van der Waals surface area contributed by atoms with Gasteiger partial charge in [0, 0.05) is 19.2 Å². The number of methoxy groups -OCH3 is 3. The van der Waals surface area contributed by atoms with Crippen LogP contribution in [0.5, 0.6) is 17.2 Å². The zero-order valence-corrected chi connectivity index (χ0v) is 20.9. The summed E-state index contributed by atoms with van der Waals surface area (Å²) in [6.07, 6.45) is 7.82. The number of benzene rings is 2. The highest BCUT2D eigenvalue weighted by Gasteiger charge is 2.43. The molecule has 0 unspecified atom stereocenters. The molecule has 7 nitrogen and oxygen atoms in total. The van der Waals surface area contributed by atoms with Crippen LogP contribution >= 0.6 is 0 Å². The Morgan fingerprint density at radius 2 is 1.74 bits per heavy atom. The Balaban J connectivity index is 1.72. The zero-order valence-electron chi connectivity index (χ0n) is 20.9. The summed E-state index contributed by atoms with van der Waals surface area (Å²) in [6.45, 7) is 0.566. The average Bonchev–Trinajstić information content (AvgIpc) is 2.90. The molecule has 1 N–H and O–H groups in total. The molecule has 186 valence electrons. The third-order valence-electron chi connectivity index (χ3n) is 7.04. The molecule has 0 spiro atoms. The van der Waals surface area contributed by atoms with Crippen LogP contribution in [0, 0.1) is 0 Å². The predicted octanol–water partition coefficient (Wildman–Crippen LogP) is 4.63. The highest BCUT2D eigenvalue weighted by molar-refractivity contribution is 6.02. The van der Waals surface area contributed by atoms with Gasteiger partial charge in [0.15, 0.2) is 11.5 Å². The first-order valence-corrected chi connectivity index (χ1v) is 12.1. The lowest BCUT2D eigenvalue weighted by Gasteiger charge is -2.40. The van der Waals surface area contributed by atoms with Crippen LogP contribution in [0.2, 0.25) is 0 Å². The van der Waals surface area contributed by atoms with Gasteiger partial charge in [-0.1, -0.05) is 23.8 Å². The molecule has 0 aromatic heterocycles. The first-order valence-electron chi connectivity index (χ1n) is 12.1. The van der Waals surface area contributed by atoms with Crippen molar-refractivity contribution >= 4 is 11.8 Å². The van der Waals surface area contributed by atoms with E-state index in [1.165, 1.54) is 25.5 Å². The SMILES string of the molecule is COc1ccc([C@@H]2[C@H](C(=O)NCCC3=CCCCC3)c3cc(OC)c(OC)cc3C(=O)N2C)cc1. The van der Waals surface area contributed by atoms with Crippen molar-refractivity contribution in [2.75, 3.05) is 34.9 Å². The van der Waals surface area contributed by atoms with Gasteiger partial charge in [0.25, 0.3) is 5.91 Å². The topological polar surface area (TPSA) is 77.1 Å². The number of rotatable bonds is 8. The Hall–Kier alpha value is -3.48. The van der Waals surface area contributed by atoms with E-state index in [0.29, 0.717) is 34.9 Å². The van der Waals surface area contributed by atoms with Gasteiger partial charge in [0.05, 0.1) is 33.3 Å². The van der Waals surface area contributed by atoms with Crippen LogP contribution in [-0.2, 0) is 4.79 Å². The number of allylic oxidation sites excluding steroid dienone is 1. The van der Waals surface area contributed by atoms with Crippen molar-refractivity contribution in [1.29, 1.82) is 0 Å². The molecule has 0 saturated heterocycles. The first kappa shape index (κ1) is 24.6. The minimum absolute atomic E-state index is 0.116. The minimum Gasteiger partial charge on any atom is -0.497 e. The van der Waals surface area contributed by atoms with Crippen LogP contribution in [0.15, 0.2) is 48.0 Å². The standard InChI is InChI=1S/C28H34N2O5/c1-30-26(19-10-12-20(33-2)13-11-19)25(27(31)29-15-14-18-8-6-5-7-9-18)21-16-23(34-3)24(35-4)17-22(21)28(30)32/h8,10-13,16-17,25-26H,5-7,9,14-15H2,1-4H3,(H,29,31)/t25-,26-/m1/s1. The van der Waals surface area contributed by atoms with Crippen LogP contribution in [0.3, 0.4) is 0 Å². The molecule has 2 aromatic rings. The lowest BCUT2D eigenvalue weighted by atomic mass is 9.79. The predicted molar refractivity (Wildman–Crippen MR) is 134 cm³/mol. The Bertz CT molecular complexity index is 1110. The van der Waals surface area contributed by atoms with Gasteiger partial charge >= 0.3 is 0 Å². The Labute approximate surface area is 207 Å². The molecule has 2 aromatic carbocycles. The summed E-state index contributed by atoms with van der Waals surface area (Å²) >= 11 is 0. The zero-order chi connectivity index (χ0) is 24.9. The van der Waals surface area contributed by atoms with Crippen LogP contribution < -0.4 is 19.5 Å². The van der Waals surface area contributed by atoms with E-state index in [9.17, 15) is 9.59 Å². The van der Waals surface area contributed by atoms with Gasteiger partial charge < -0.3 is 24.4 Å². The fourth-order valence-corrected chi connectivity index (χ4v) is 5.14. The molecule has 1 aliphatic heterocycles.